The lowest BCUT2D eigenvalue weighted by Crippen LogP contribution is -2.56. The van der Waals surface area contributed by atoms with Gasteiger partial charge in [-0.2, -0.15) is 0 Å². The molecule has 0 bridgehead atoms. The Morgan fingerprint density at radius 1 is 1.41 bits per heavy atom. The van der Waals surface area contributed by atoms with E-state index in [1.54, 1.807) is 0 Å². The van der Waals surface area contributed by atoms with Crippen molar-refractivity contribution >= 4 is 23.5 Å². The Labute approximate surface area is 133 Å². The third-order valence-electron chi connectivity index (χ3n) is 4.49. The van der Waals surface area contributed by atoms with Gasteiger partial charge in [0.1, 0.15) is 11.4 Å². The number of carboxylic acids is 1. The molecule has 0 saturated heterocycles. The summed E-state index contributed by atoms with van der Waals surface area (Å²) in [7, 11) is 0. The summed E-state index contributed by atoms with van der Waals surface area (Å²) in [5.74, 6) is -1.92. The van der Waals surface area contributed by atoms with Crippen molar-refractivity contribution in [2.24, 2.45) is 5.92 Å². The lowest BCUT2D eigenvalue weighted by Gasteiger charge is -2.37. The van der Waals surface area contributed by atoms with Gasteiger partial charge < -0.3 is 10.4 Å². The van der Waals surface area contributed by atoms with Crippen molar-refractivity contribution < 1.29 is 19.1 Å². The largest absolute Gasteiger partial charge is 0.480 e. The fraction of sp³-hybridized carbons (Fsp3) is 0.500. The summed E-state index contributed by atoms with van der Waals surface area (Å²) in [5.41, 5.74) is -1.34. The lowest BCUT2D eigenvalue weighted by atomic mass is 9.75. The Balaban J connectivity index is 2.20. The summed E-state index contributed by atoms with van der Waals surface area (Å²) in [6.45, 7) is 2.07. The van der Waals surface area contributed by atoms with Crippen LogP contribution in [0.4, 0.5) is 4.39 Å². The van der Waals surface area contributed by atoms with Crippen LogP contribution in [0.5, 0.6) is 0 Å². The predicted molar refractivity (Wildman–Crippen MR) is 81.5 cm³/mol. The van der Waals surface area contributed by atoms with E-state index in [2.05, 4.69) is 12.2 Å². The van der Waals surface area contributed by atoms with Crippen LogP contribution < -0.4 is 5.32 Å². The number of hydrogen-bond donors (Lipinski definition) is 2. The van der Waals surface area contributed by atoms with Crippen LogP contribution in [0.2, 0.25) is 5.02 Å². The number of nitrogens with one attached hydrogen (secondary N) is 1. The Bertz CT molecular complexity index is 583. The normalized spacial score (nSPS) is 24.8. The smallest absolute Gasteiger partial charge is 0.329 e. The Hall–Kier alpha value is -1.62. The Kier molecular flexibility index (Phi) is 5.06. The van der Waals surface area contributed by atoms with Gasteiger partial charge in [-0.05, 0) is 43.7 Å². The highest BCUT2D eigenvalue weighted by Crippen LogP contribution is 2.34. The van der Waals surface area contributed by atoms with Crippen molar-refractivity contribution in [1.82, 2.24) is 5.32 Å². The van der Waals surface area contributed by atoms with E-state index in [1.807, 2.05) is 0 Å². The first kappa shape index (κ1) is 16.7. The number of aliphatic carboxylic acids is 1. The minimum Gasteiger partial charge on any atom is -0.480 e. The van der Waals surface area contributed by atoms with E-state index < -0.39 is 23.2 Å². The molecule has 0 unspecified atom stereocenters. The van der Waals surface area contributed by atoms with E-state index in [4.69, 9.17) is 11.6 Å². The molecule has 4 nitrogen and oxygen atoms in total. The average molecular weight is 328 g/mol. The molecule has 0 aliphatic heterocycles. The van der Waals surface area contributed by atoms with E-state index in [0.29, 0.717) is 18.8 Å². The van der Waals surface area contributed by atoms with Crippen molar-refractivity contribution in [3.63, 3.8) is 0 Å². The van der Waals surface area contributed by atoms with Crippen LogP contribution in [0.3, 0.4) is 0 Å². The van der Waals surface area contributed by atoms with Crippen molar-refractivity contribution in [3.8, 4) is 0 Å². The van der Waals surface area contributed by atoms with Crippen molar-refractivity contribution in [2.45, 2.75) is 44.6 Å². The number of hydrogen-bond acceptors (Lipinski definition) is 2. The Morgan fingerprint density at radius 2 is 2.05 bits per heavy atom. The molecule has 1 aliphatic carbocycles. The van der Waals surface area contributed by atoms with Gasteiger partial charge >= 0.3 is 5.97 Å². The van der Waals surface area contributed by atoms with Crippen molar-refractivity contribution in [1.29, 1.82) is 0 Å². The van der Waals surface area contributed by atoms with Gasteiger partial charge in [0.05, 0.1) is 10.6 Å². The van der Waals surface area contributed by atoms with Crippen LogP contribution in [0, 0.1) is 11.7 Å². The van der Waals surface area contributed by atoms with Crippen LogP contribution in [0.15, 0.2) is 18.2 Å². The topological polar surface area (TPSA) is 66.4 Å². The average Bonchev–Trinajstić information content (AvgIpc) is 2.50. The zero-order chi connectivity index (χ0) is 16.3. The third kappa shape index (κ3) is 3.24. The van der Waals surface area contributed by atoms with Gasteiger partial charge in [0.15, 0.2) is 0 Å². The van der Waals surface area contributed by atoms with Gasteiger partial charge in [-0.15, -0.1) is 0 Å². The second-order valence-electron chi connectivity index (χ2n) is 5.79. The van der Waals surface area contributed by atoms with E-state index in [0.717, 1.165) is 25.3 Å². The predicted octanol–water partition coefficient (Wildman–Crippen LogP) is 3.63. The van der Waals surface area contributed by atoms with Crippen molar-refractivity contribution in [2.75, 3.05) is 0 Å². The van der Waals surface area contributed by atoms with E-state index in [-0.39, 0.29) is 10.6 Å². The van der Waals surface area contributed by atoms with E-state index in [9.17, 15) is 19.1 Å². The maximum absolute atomic E-state index is 13.4. The molecule has 0 heterocycles. The summed E-state index contributed by atoms with van der Waals surface area (Å²) in [4.78, 5) is 24.0. The van der Waals surface area contributed by atoms with Gasteiger partial charge in [-0.25, -0.2) is 9.18 Å². The monoisotopic (exact) mass is 327 g/mol. The first-order chi connectivity index (χ1) is 10.4. The summed E-state index contributed by atoms with van der Waals surface area (Å²) in [5, 5.41) is 11.8. The quantitative estimate of drug-likeness (QED) is 0.887. The van der Waals surface area contributed by atoms with Crippen LogP contribution >= 0.6 is 11.6 Å². The van der Waals surface area contributed by atoms with Crippen LogP contribution in [0.1, 0.15) is 49.4 Å². The molecule has 22 heavy (non-hydrogen) atoms. The standard InChI is InChI=1S/C16H19ClFNO3/c1-2-10-6-8-16(9-7-10,15(21)22)19-14(20)11-4-3-5-12(18)13(11)17/h3-5,10H,2,6-9H2,1H3,(H,19,20)(H,21,22). The highest BCUT2D eigenvalue weighted by atomic mass is 35.5. The zero-order valence-electron chi connectivity index (χ0n) is 12.4. The van der Waals surface area contributed by atoms with Gasteiger partial charge in [-0.3, -0.25) is 4.79 Å². The molecule has 1 saturated carbocycles. The number of halogens is 2. The molecule has 0 aromatic heterocycles. The first-order valence-electron chi connectivity index (χ1n) is 7.39. The molecular weight excluding hydrogens is 309 g/mol. The molecule has 1 fully saturated rings. The molecule has 2 rings (SSSR count). The second-order valence-corrected chi connectivity index (χ2v) is 6.17. The van der Waals surface area contributed by atoms with E-state index >= 15 is 0 Å². The number of carbonyl (C=O) groups is 2. The van der Waals surface area contributed by atoms with Gasteiger partial charge in [0.25, 0.3) is 5.91 Å². The summed E-state index contributed by atoms with van der Waals surface area (Å²) in [6, 6.07) is 3.91. The molecule has 1 amide bonds. The molecule has 0 radical (unpaired) electrons. The molecule has 1 aliphatic rings. The van der Waals surface area contributed by atoms with Gasteiger partial charge in [-0.1, -0.05) is 31.0 Å². The highest BCUT2D eigenvalue weighted by Gasteiger charge is 2.43. The number of amides is 1. The number of carbonyl (C=O) groups excluding carboxylic acids is 1. The fourth-order valence-corrected chi connectivity index (χ4v) is 3.15. The first-order valence-corrected chi connectivity index (χ1v) is 7.77. The summed E-state index contributed by atoms with van der Waals surface area (Å²) < 4.78 is 13.4. The number of rotatable bonds is 4. The Morgan fingerprint density at radius 3 is 2.59 bits per heavy atom. The van der Waals surface area contributed by atoms with Crippen LogP contribution in [-0.2, 0) is 4.79 Å². The minimum absolute atomic E-state index is 0.0418. The van der Waals surface area contributed by atoms with Crippen molar-refractivity contribution in [3.05, 3.63) is 34.6 Å². The molecule has 120 valence electrons. The minimum atomic E-state index is -1.29. The zero-order valence-corrected chi connectivity index (χ0v) is 13.1. The molecule has 6 heteroatoms. The molecule has 0 atom stereocenters. The van der Waals surface area contributed by atoms with Gasteiger partial charge in [0, 0.05) is 0 Å². The maximum Gasteiger partial charge on any atom is 0.329 e. The molecule has 1 aromatic rings. The summed E-state index contributed by atoms with van der Waals surface area (Å²) >= 11 is 5.79. The van der Waals surface area contributed by atoms with Crippen LogP contribution in [0.25, 0.3) is 0 Å². The number of carboxylic acid groups (broad SMARTS) is 1. The summed E-state index contributed by atoms with van der Waals surface area (Å²) in [6.07, 6.45) is 3.25. The molecule has 0 spiro atoms. The SMILES string of the molecule is CCC1CCC(NC(=O)c2cccc(F)c2Cl)(C(=O)O)CC1. The lowest BCUT2D eigenvalue weighted by molar-refractivity contribution is -0.146. The molecule has 1 aromatic carbocycles. The van der Waals surface area contributed by atoms with E-state index in [1.165, 1.54) is 12.1 Å². The molecular formula is C16H19ClFNO3. The number of benzene rings is 1. The third-order valence-corrected chi connectivity index (χ3v) is 4.88. The fourth-order valence-electron chi connectivity index (χ4n) is 2.93. The maximum atomic E-state index is 13.4. The molecule has 2 N–H and O–H groups in total. The second kappa shape index (κ2) is 6.65. The van der Waals surface area contributed by atoms with Crippen LogP contribution in [-0.4, -0.2) is 22.5 Å². The van der Waals surface area contributed by atoms with Gasteiger partial charge in [0.2, 0.25) is 0 Å². The highest BCUT2D eigenvalue weighted by molar-refractivity contribution is 6.34.